The van der Waals surface area contributed by atoms with Crippen molar-refractivity contribution in [2.75, 3.05) is 20.1 Å². The van der Waals surface area contributed by atoms with Crippen LogP contribution in [0.4, 0.5) is 4.79 Å². The molecule has 8 nitrogen and oxygen atoms in total. The first-order valence-corrected chi connectivity index (χ1v) is 9.48. The van der Waals surface area contributed by atoms with Gasteiger partial charge in [0.2, 0.25) is 0 Å². The van der Waals surface area contributed by atoms with Crippen molar-refractivity contribution < 1.29 is 9.53 Å². The Morgan fingerprint density at radius 1 is 1.39 bits per heavy atom. The van der Waals surface area contributed by atoms with Crippen molar-refractivity contribution >= 4 is 36.0 Å². The van der Waals surface area contributed by atoms with Crippen LogP contribution < -0.4 is 10.6 Å². The van der Waals surface area contributed by atoms with Crippen LogP contribution in [0.2, 0.25) is 0 Å². The number of nitrogens with zero attached hydrogens (tertiary/aromatic N) is 4. The van der Waals surface area contributed by atoms with E-state index >= 15 is 0 Å². The zero-order valence-corrected chi connectivity index (χ0v) is 20.8. The molecule has 1 heterocycles. The van der Waals surface area contributed by atoms with Gasteiger partial charge in [-0.15, -0.1) is 24.0 Å². The second-order valence-corrected chi connectivity index (χ2v) is 8.07. The molecule has 0 aliphatic rings. The Bertz CT molecular complexity index is 624. The van der Waals surface area contributed by atoms with Crippen molar-refractivity contribution in [2.45, 2.75) is 59.7 Å². The van der Waals surface area contributed by atoms with Gasteiger partial charge < -0.3 is 20.3 Å². The summed E-state index contributed by atoms with van der Waals surface area (Å²) in [5, 5.41) is 10.4. The molecule has 0 radical (unpaired) electrons. The summed E-state index contributed by atoms with van der Waals surface area (Å²) in [4.78, 5) is 18.9. The summed E-state index contributed by atoms with van der Waals surface area (Å²) in [6, 6.07) is -0.111. The summed E-state index contributed by atoms with van der Waals surface area (Å²) in [5.41, 5.74) is 0.589. The fourth-order valence-corrected chi connectivity index (χ4v) is 2.44. The number of aliphatic imine (C=N–C) groups is 1. The molecule has 9 heteroatoms. The van der Waals surface area contributed by atoms with Crippen molar-refractivity contribution in [1.29, 1.82) is 0 Å². The lowest BCUT2D eigenvalue weighted by Gasteiger charge is -2.26. The molecule has 1 amide bonds. The van der Waals surface area contributed by atoms with Gasteiger partial charge in [0.25, 0.3) is 0 Å². The summed E-state index contributed by atoms with van der Waals surface area (Å²) in [6.07, 6.45) is 3.42. The van der Waals surface area contributed by atoms with Gasteiger partial charge in [-0.05, 0) is 33.6 Å². The highest BCUT2D eigenvalue weighted by Crippen LogP contribution is 2.09. The average molecular weight is 508 g/mol. The van der Waals surface area contributed by atoms with Gasteiger partial charge in [0.1, 0.15) is 5.60 Å². The van der Waals surface area contributed by atoms with Crippen LogP contribution in [0.5, 0.6) is 0 Å². The van der Waals surface area contributed by atoms with Gasteiger partial charge in [-0.2, -0.15) is 5.10 Å². The molecule has 28 heavy (non-hydrogen) atoms. The maximum absolute atomic E-state index is 12.1. The fraction of sp³-hybridized carbons (Fsp3) is 0.737. The van der Waals surface area contributed by atoms with E-state index in [0.29, 0.717) is 13.1 Å². The predicted molar refractivity (Wildman–Crippen MR) is 124 cm³/mol. The Kier molecular flexibility index (Phi) is 11.5. The van der Waals surface area contributed by atoms with E-state index in [1.54, 1.807) is 4.68 Å². The molecule has 0 aliphatic carbocycles. The Morgan fingerprint density at radius 3 is 2.50 bits per heavy atom. The number of nitrogens with one attached hydrogen (secondary N) is 2. The summed E-state index contributed by atoms with van der Waals surface area (Å²) < 4.78 is 7.15. The fourth-order valence-electron chi connectivity index (χ4n) is 2.44. The van der Waals surface area contributed by atoms with Crippen molar-refractivity contribution in [2.24, 2.45) is 18.0 Å². The number of ether oxygens (including phenoxy) is 1. The van der Waals surface area contributed by atoms with Crippen molar-refractivity contribution in [3.05, 3.63) is 18.0 Å². The highest BCUT2D eigenvalue weighted by Gasteiger charge is 2.21. The van der Waals surface area contributed by atoms with Gasteiger partial charge in [-0.3, -0.25) is 9.67 Å². The second kappa shape index (κ2) is 12.1. The van der Waals surface area contributed by atoms with Gasteiger partial charge in [0.15, 0.2) is 5.96 Å². The molecule has 162 valence electrons. The molecule has 0 fully saturated rings. The van der Waals surface area contributed by atoms with E-state index in [4.69, 9.17) is 9.73 Å². The normalized spacial score (nSPS) is 13.0. The second-order valence-electron chi connectivity index (χ2n) is 8.07. The minimum absolute atomic E-state index is 0. The monoisotopic (exact) mass is 508 g/mol. The van der Waals surface area contributed by atoms with E-state index in [-0.39, 0.29) is 35.9 Å². The largest absolute Gasteiger partial charge is 0.444 e. The SMILES string of the molecule is CCNC(=NCC(NC(=O)OC(C)(C)C)C(C)C)N(C)Cc1cnn(C)c1.I. The number of amides is 1. The highest BCUT2D eigenvalue weighted by atomic mass is 127. The van der Waals surface area contributed by atoms with Crippen molar-refractivity contribution in [3.8, 4) is 0 Å². The predicted octanol–water partition coefficient (Wildman–Crippen LogP) is 2.98. The molecule has 0 spiro atoms. The topological polar surface area (TPSA) is 83.8 Å². The molecule has 1 aromatic heterocycles. The lowest BCUT2D eigenvalue weighted by molar-refractivity contribution is 0.0493. The van der Waals surface area contributed by atoms with Gasteiger partial charge >= 0.3 is 6.09 Å². The number of carbonyl (C=O) groups excluding carboxylic acids is 1. The number of aryl methyl sites for hydroxylation is 1. The van der Waals surface area contributed by atoms with E-state index in [1.807, 2.05) is 59.1 Å². The molecular formula is C19H37IN6O2. The van der Waals surface area contributed by atoms with E-state index < -0.39 is 11.7 Å². The number of aromatic nitrogens is 2. The third-order valence-corrected chi connectivity index (χ3v) is 3.82. The lowest BCUT2D eigenvalue weighted by Crippen LogP contribution is -2.45. The van der Waals surface area contributed by atoms with Crippen LogP contribution in [0, 0.1) is 5.92 Å². The first-order chi connectivity index (χ1) is 12.5. The number of hydrogen-bond acceptors (Lipinski definition) is 4. The van der Waals surface area contributed by atoms with Gasteiger partial charge in [0.05, 0.1) is 18.8 Å². The number of hydrogen-bond donors (Lipinski definition) is 2. The molecule has 2 N–H and O–H groups in total. The van der Waals surface area contributed by atoms with Gasteiger partial charge in [0, 0.05) is 38.9 Å². The lowest BCUT2D eigenvalue weighted by atomic mass is 10.1. The van der Waals surface area contributed by atoms with Crippen LogP contribution in [0.15, 0.2) is 17.4 Å². The van der Waals surface area contributed by atoms with E-state index in [9.17, 15) is 4.79 Å². The van der Waals surface area contributed by atoms with Crippen LogP contribution in [0.1, 0.15) is 47.1 Å². The Balaban J connectivity index is 0.00000729. The molecular weight excluding hydrogens is 471 g/mol. The van der Waals surface area contributed by atoms with E-state index in [0.717, 1.165) is 18.1 Å². The standard InChI is InChI=1S/C19H36N6O2.HI/c1-9-20-17(24(7)12-15-10-22-25(8)13-15)21-11-16(14(2)3)23-18(26)27-19(4,5)6;/h10,13-14,16H,9,11-12H2,1-8H3,(H,20,21)(H,23,26);1H. The van der Waals surface area contributed by atoms with Crippen LogP contribution in [-0.2, 0) is 18.3 Å². The minimum atomic E-state index is -0.520. The number of alkyl carbamates (subject to hydrolysis) is 1. The highest BCUT2D eigenvalue weighted by molar-refractivity contribution is 14.0. The third kappa shape index (κ3) is 10.1. The molecule has 1 rings (SSSR count). The maximum atomic E-state index is 12.1. The summed E-state index contributed by atoms with van der Waals surface area (Å²) in [6.45, 7) is 13.6. The molecule has 0 aliphatic heterocycles. The Hall–Kier alpha value is -1.52. The number of carbonyl (C=O) groups is 1. The average Bonchev–Trinajstić information content (AvgIpc) is 2.92. The quantitative estimate of drug-likeness (QED) is 0.336. The Morgan fingerprint density at radius 2 is 2.04 bits per heavy atom. The van der Waals surface area contributed by atoms with E-state index in [2.05, 4.69) is 29.6 Å². The zero-order valence-electron chi connectivity index (χ0n) is 18.4. The third-order valence-electron chi connectivity index (χ3n) is 3.82. The minimum Gasteiger partial charge on any atom is -0.444 e. The molecule has 0 saturated heterocycles. The molecule has 0 bridgehead atoms. The summed E-state index contributed by atoms with van der Waals surface area (Å²) >= 11 is 0. The number of rotatable bonds is 7. The maximum Gasteiger partial charge on any atom is 0.407 e. The van der Waals surface area contributed by atoms with E-state index in [1.165, 1.54) is 0 Å². The first kappa shape index (κ1) is 26.5. The smallest absolute Gasteiger partial charge is 0.407 e. The number of halogens is 1. The summed E-state index contributed by atoms with van der Waals surface area (Å²) in [5.74, 6) is 1.02. The molecule has 1 atom stereocenters. The zero-order chi connectivity index (χ0) is 20.6. The van der Waals surface area contributed by atoms with Crippen LogP contribution in [0.3, 0.4) is 0 Å². The van der Waals surface area contributed by atoms with Crippen LogP contribution in [-0.4, -0.2) is 58.5 Å². The number of guanidine groups is 1. The van der Waals surface area contributed by atoms with Crippen LogP contribution in [0.25, 0.3) is 0 Å². The van der Waals surface area contributed by atoms with Crippen molar-refractivity contribution in [1.82, 2.24) is 25.3 Å². The molecule has 0 saturated carbocycles. The van der Waals surface area contributed by atoms with Gasteiger partial charge in [-0.25, -0.2) is 4.79 Å². The van der Waals surface area contributed by atoms with Gasteiger partial charge in [-0.1, -0.05) is 13.8 Å². The Labute approximate surface area is 186 Å². The molecule has 0 aromatic carbocycles. The van der Waals surface area contributed by atoms with Crippen LogP contribution >= 0.6 is 24.0 Å². The van der Waals surface area contributed by atoms with Crippen molar-refractivity contribution in [3.63, 3.8) is 0 Å². The first-order valence-electron chi connectivity index (χ1n) is 9.48. The summed E-state index contributed by atoms with van der Waals surface area (Å²) in [7, 11) is 3.89. The molecule has 1 unspecified atom stereocenters. The molecule has 1 aromatic rings.